The second kappa shape index (κ2) is 9.64. The van der Waals surface area contributed by atoms with Crippen LogP contribution >= 0.6 is 11.8 Å². The van der Waals surface area contributed by atoms with Crippen LogP contribution in [0.1, 0.15) is 29.5 Å². The fourth-order valence-corrected chi connectivity index (χ4v) is 4.91. The van der Waals surface area contributed by atoms with Crippen LogP contribution in [0.4, 0.5) is 5.69 Å². The van der Waals surface area contributed by atoms with Gasteiger partial charge in [-0.3, -0.25) is 9.69 Å². The Hall–Kier alpha value is -4.10. The molecule has 6 nitrogen and oxygen atoms in total. The minimum absolute atomic E-state index is 0.0976. The van der Waals surface area contributed by atoms with Gasteiger partial charge in [0, 0.05) is 23.6 Å². The Bertz CT molecular complexity index is 1480. The maximum atomic E-state index is 13.2. The molecular formula is C28H22N2O4S. The van der Waals surface area contributed by atoms with E-state index in [4.69, 9.17) is 14.5 Å². The number of aromatic carboxylic acids is 1. The van der Waals surface area contributed by atoms with Crippen molar-refractivity contribution in [1.82, 2.24) is 4.90 Å². The normalized spacial score (nSPS) is 16.0. The first-order valence-electron chi connectivity index (χ1n) is 11.2. The predicted octanol–water partition coefficient (Wildman–Crippen LogP) is 6.81. The van der Waals surface area contributed by atoms with E-state index in [1.807, 2.05) is 49.4 Å². The highest BCUT2D eigenvalue weighted by atomic mass is 32.2. The summed E-state index contributed by atoms with van der Waals surface area (Å²) in [6.45, 7) is 2.61. The summed E-state index contributed by atoms with van der Waals surface area (Å²) in [5, 5.41) is 11.9. The highest BCUT2D eigenvalue weighted by molar-refractivity contribution is 8.18. The van der Waals surface area contributed by atoms with E-state index in [0.717, 1.165) is 28.4 Å². The molecule has 1 fully saturated rings. The van der Waals surface area contributed by atoms with E-state index in [1.54, 1.807) is 35.2 Å². The molecule has 1 aromatic heterocycles. The first-order chi connectivity index (χ1) is 17.0. The second-order valence-corrected chi connectivity index (χ2v) is 9.05. The quantitative estimate of drug-likeness (QED) is 0.305. The number of carbonyl (C=O) groups is 2. The molecule has 7 heteroatoms. The number of thioether (sulfide) groups is 1. The number of rotatable bonds is 6. The average Bonchev–Trinajstić information content (AvgIpc) is 3.45. The van der Waals surface area contributed by atoms with E-state index in [9.17, 15) is 9.59 Å². The summed E-state index contributed by atoms with van der Waals surface area (Å²) in [5.41, 5.74) is 1.80. The lowest BCUT2D eigenvalue weighted by Gasteiger charge is -2.14. The summed E-state index contributed by atoms with van der Waals surface area (Å²) in [4.78, 5) is 31.4. The van der Waals surface area contributed by atoms with Gasteiger partial charge in [0.05, 0.1) is 16.2 Å². The van der Waals surface area contributed by atoms with E-state index < -0.39 is 5.97 Å². The maximum Gasteiger partial charge on any atom is 0.335 e. The fourth-order valence-electron chi connectivity index (χ4n) is 3.91. The molecule has 5 rings (SSSR count). The van der Waals surface area contributed by atoms with E-state index in [0.29, 0.717) is 28.1 Å². The van der Waals surface area contributed by atoms with Crippen LogP contribution in [0.3, 0.4) is 0 Å². The van der Waals surface area contributed by atoms with E-state index in [1.165, 1.54) is 23.9 Å². The minimum atomic E-state index is -0.976. The van der Waals surface area contributed by atoms with Gasteiger partial charge in [-0.2, -0.15) is 0 Å². The zero-order chi connectivity index (χ0) is 24.4. The first-order valence-corrected chi connectivity index (χ1v) is 12.1. The van der Waals surface area contributed by atoms with Crippen molar-refractivity contribution in [2.75, 3.05) is 6.54 Å². The third-order valence-electron chi connectivity index (χ3n) is 5.63. The summed E-state index contributed by atoms with van der Waals surface area (Å²) in [6.07, 6.45) is 2.54. The van der Waals surface area contributed by atoms with Gasteiger partial charge in [0.25, 0.3) is 5.91 Å². The number of hydrogen-bond acceptors (Lipinski definition) is 5. The number of amidine groups is 1. The summed E-state index contributed by atoms with van der Waals surface area (Å²) >= 11 is 1.34. The standard InChI is InChI=1S/C28H22N2O4S/c1-2-16-30-26(31)25(35-28(30)29-23-9-5-7-18-6-3-4-8-22(18)23)17-21-14-15-24(34-21)19-10-12-20(13-11-19)27(32)33/h3-15,17H,2,16H2,1H3,(H,32,33)/b25-17-,29-28?. The van der Waals surface area contributed by atoms with Crippen LogP contribution in [-0.4, -0.2) is 33.6 Å². The molecule has 1 aliphatic heterocycles. The number of benzene rings is 3. The smallest absolute Gasteiger partial charge is 0.335 e. The van der Waals surface area contributed by atoms with Crippen LogP contribution in [0.5, 0.6) is 0 Å². The van der Waals surface area contributed by atoms with Gasteiger partial charge in [-0.15, -0.1) is 0 Å². The SMILES string of the molecule is CCCN1C(=O)/C(=C/c2ccc(-c3ccc(C(=O)O)cc3)o2)SC1=Nc1cccc2ccccc12. The maximum absolute atomic E-state index is 13.2. The molecule has 0 radical (unpaired) electrons. The Kier molecular flexibility index (Phi) is 6.25. The zero-order valence-electron chi connectivity index (χ0n) is 19.0. The third kappa shape index (κ3) is 4.63. The predicted molar refractivity (Wildman–Crippen MR) is 140 cm³/mol. The van der Waals surface area contributed by atoms with Crippen molar-refractivity contribution in [3.8, 4) is 11.3 Å². The Morgan fingerprint density at radius 2 is 1.80 bits per heavy atom. The molecule has 1 amide bonds. The molecule has 1 saturated heterocycles. The summed E-state index contributed by atoms with van der Waals surface area (Å²) < 4.78 is 5.94. The highest BCUT2D eigenvalue weighted by Gasteiger charge is 2.33. The number of carboxylic acids is 1. The topological polar surface area (TPSA) is 83.1 Å². The Morgan fingerprint density at radius 3 is 2.57 bits per heavy atom. The van der Waals surface area contributed by atoms with Gasteiger partial charge in [0.1, 0.15) is 11.5 Å². The van der Waals surface area contributed by atoms with Crippen molar-refractivity contribution in [1.29, 1.82) is 0 Å². The van der Waals surface area contributed by atoms with Crippen molar-refractivity contribution in [3.05, 3.63) is 95.1 Å². The Labute approximate surface area is 206 Å². The molecule has 1 aliphatic rings. The highest BCUT2D eigenvalue weighted by Crippen LogP contribution is 2.36. The number of nitrogens with zero attached hydrogens (tertiary/aromatic N) is 2. The van der Waals surface area contributed by atoms with Crippen LogP contribution in [0, 0.1) is 0 Å². The van der Waals surface area contributed by atoms with Crippen molar-refractivity contribution < 1.29 is 19.1 Å². The molecule has 0 bridgehead atoms. The monoisotopic (exact) mass is 482 g/mol. The van der Waals surface area contributed by atoms with Gasteiger partial charge in [0.15, 0.2) is 5.17 Å². The van der Waals surface area contributed by atoms with Crippen molar-refractivity contribution in [3.63, 3.8) is 0 Å². The first kappa shape index (κ1) is 22.7. The van der Waals surface area contributed by atoms with Gasteiger partial charge in [0.2, 0.25) is 0 Å². The lowest BCUT2D eigenvalue weighted by molar-refractivity contribution is -0.122. The number of carbonyl (C=O) groups excluding carboxylic acids is 1. The molecule has 0 saturated carbocycles. The lowest BCUT2D eigenvalue weighted by Crippen LogP contribution is -2.29. The minimum Gasteiger partial charge on any atom is -0.478 e. The molecule has 35 heavy (non-hydrogen) atoms. The third-order valence-corrected chi connectivity index (χ3v) is 6.64. The lowest BCUT2D eigenvalue weighted by atomic mass is 10.1. The van der Waals surface area contributed by atoms with Gasteiger partial charge < -0.3 is 9.52 Å². The summed E-state index contributed by atoms with van der Waals surface area (Å²) in [6, 6.07) is 24.1. The van der Waals surface area contributed by atoms with Crippen molar-refractivity contribution >= 4 is 51.3 Å². The molecule has 0 aliphatic carbocycles. The zero-order valence-corrected chi connectivity index (χ0v) is 19.8. The molecule has 0 atom stereocenters. The van der Waals surface area contributed by atoms with E-state index in [2.05, 4.69) is 0 Å². The molecule has 174 valence electrons. The van der Waals surface area contributed by atoms with Gasteiger partial charge in [-0.05, 0) is 53.9 Å². The van der Waals surface area contributed by atoms with Gasteiger partial charge in [-0.25, -0.2) is 9.79 Å². The van der Waals surface area contributed by atoms with E-state index >= 15 is 0 Å². The van der Waals surface area contributed by atoms with Crippen LogP contribution in [0.2, 0.25) is 0 Å². The number of fused-ring (bicyclic) bond motifs is 1. The van der Waals surface area contributed by atoms with Crippen molar-refractivity contribution in [2.45, 2.75) is 13.3 Å². The van der Waals surface area contributed by atoms with Crippen LogP contribution in [-0.2, 0) is 4.79 Å². The molecule has 3 aromatic carbocycles. The Morgan fingerprint density at radius 1 is 1.03 bits per heavy atom. The van der Waals surface area contributed by atoms with Crippen LogP contribution in [0.15, 0.2) is 93.2 Å². The molecule has 0 unspecified atom stereocenters. The summed E-state index contributed by atoms with van der Waals surface area (Å²) in [5.74, 6) is 0.0655. The number of furan rings is 1. The van der Waals surface area contributed by atoms with Crippen LogP contribution < -0.4 is 0 Å². The number of aliphatic imine (C=N–C) groups is 1. The number of amides is 1. The van der Waals surface area contributed by atoms with Crippen molar-refractivity contribution in [2.24, 2.45) is 4.99 Å². The molecule has 4 aromatic rings. The number of hydrogen-bond donors (Lipinski definition) is 1. The number of carboxylic acid groups (broad SMARTS) is 1. The molecule has 0 spiro atoms. The molecule has 1 N–H and O–H groups in total. The second-order valence-electron chi connectivity index (χ2n) is 8.04. The Balaban J connectivity index is 1.45. The molecular weight excluding hydrogens is 460 g/mol. The summed E-state index contributed by atoms with van der Waals surface area (Å²) in [7, 11) is 0. The largest absolute Gasteiger partial charge is 0.478 e. The average molecular weight is 483 g/mol. The molecule has 2 heterocycles. The van der Waals surface area contributed by atoms with Gasteiger partial charge >= 0.3 is 5.97 Å². The van der Waals surface area contributed by atoms with Gasteiger partial charge in [-0.1, -0.05) is 55.5 Å². The fraction of sp³-hybridized carbons (Fsp3) is 0.107. The van der Waals surface area contributed by atoms with Crippen LogP contribution in [0.25, 0.3) is 28.2 Å². The van der Waals surface area contributed by atoms with E-state index in [-0.39, 0.29) is 11.5 Å².